The average molecular weight is 701 g/mol. The number of aromatic nitrogens is 4. The van der Waals surface area contributed by atoms with Crippen molar-refractivity contribution in [2.75, 3.05) is 0 Å². The first-order valence-corrected chi connectivity index (χ1v) is 18.4. The van der Waals surface area contributed by atoms with E-state index >= 15 is 0 Å². The van der Waals surface area contributed by atoms with Crippen molar-refractivity contribution in [1.29, 1.82) is 0 Å². The molecule has 0 atom stereocenters. The molecule has 0 aliphatic rings. The number of hydrogen-bond acceptors (Lipinski definition) is 2. The van der Waals surface area contributed by atoms with Gasteiger partial charge >= 0.3 is 0 Å². The average Bonchev–Trinajstić information content (AvgIpc) is 3.81. The molecular formula is C49H40N4O. The largest absolute Gasteiger partial charge is 0.458 e. The monoisotopic (exact) mass is 700 g/mol. The van der Waals surface area contributed by atoms with Gasteiger partial charge in [-0.15, -0.1) is 0 Å². The number of imidazole rings is 1. The number of fused-ring (bicyclic) bond motifs is 3. The smallest absolute Gasteiger partial charge is 0.268 e. The van der Waals surface area contributed by atoms with Crippen molar-refractivity contribution in [3.8, 4) is 50.9 Å². The number of pyridine rings is 1. The van der Waals surface area contributed by atoms with E-state index in [1.165, 1.54) is 10.9 Å². The maximum absolute atomic E-state index is 6.60. The second-order valence-electron chi connectivity index (χ2n) is 15.0. The maximum Gasteiger partial charge on any atom is 0.268 e. The van der Waals surface area contributed by atoms with E-state index in [9.17, 15) is 0 Å². The molecule has 3 aromatic heterocycles. The minimum atomic E-state index is 0.172. The molecule has 0 N–H and O–H groups in total. The third kappa shape index (κ3) is 6.45. The third-order valence-electron chi connectivity index (χ3n) is 9.78. The van der Waals surface area contributed by atoms with Crippen LogP contribution < -0.4 is 9.30 Å². The molecule has 3 heterocycles. The Hall–Kier alpha value is -6.72. The lowest BCUT2D eigenvalue weighted by molar-refractivity contribution is -0.598. The van der Waals surface area contributed by atoms with Crippen LogP contribution >= 0.6 is 0 Å². The minimum absolute atomic E-state index is 0.172. The zero-order valence-electron chi connectivity index (χ0n) is 30.6. The van der Waals surface area contributed by atoms with Crippen LogP contribution in [0.3, 0.4) is 0 Å². The van der Waals surface area contributed by atoms with E-state index in [-0.39, 0.29) is 5.41 Å². The van der Waals surface area contributed by atoms with Gasteiger partial charge in [-0.05, 0) is 88.2 Å². The zero-order chi connectivity index (χ0) is 36.6. The molecule has 5 nitrogen and oxygen atoms in total. The standard InChI is InChI=1S/C49H40N4O/c1-49(2,3)33-35-26-27-50-47(30-35)53-45-23-11-10-20-43(45)44-25-24-40(32-46(44)53)54-39-19-12-18-38(31-39)51-28-29-52(34-51)48-41(36-14-6-4-7-15-36)21-13-22-42(48)37-16-8-5-9-17-37/h4-32H,33H2,1-3H3. The molecule has 9 aromatic rings. The van der Waals surface area contributed by atoms with Crippen LogP contribution in [0.4, 0.5) is 0 Å². The van der Waals surface area contributed by atoms with Crippen LogP contribution in [-0.2, 0) is 6.42 Å². The van der Waals surface area contributed by atoms with Gasteiger partial charge in [0.05, 0.1) is 22.4 Å². The van der Waals surface area contributed by atoms with E-state index in [0.29, 0.717) is 0 Å². The van der Waals surface area contributed by atoms with E-state index in [0.717, 1.165) is 73.8 Å². The van der Waals surface area contributed by atoms with Crippen molar-refractivity contribution in [3.63, 3.8) is 0 Å². The van der Waals surface area contributed by atoms with Crippen LogP contribution in [0, 0.1) is 11.7 Å². The Morgan fingerprint density at radius 1 is 0.630 bits per heavy atom. The van der Waals surface area contributed by atoms with Gasteiger partial charge in [0, 0.05) is 35.4 Å². The van der Waals surface area contributed by atoms with Gasteiger partial charge in [0.15, 0.2) is 0 Å². The second kappa shape index (κ2) is 13.7. The molecule has 0 aliphatic carbocycles. The first kappa shape index (κ1) is 33.1. The second-order valence-corrected chi connectivity index (χ2v) is 15.0. The lowest BCUT2D eigenvalue weighted by Gasteiger charge is -2.18. The summed E-state index contributed by atoms with van der Waals surface area (Å²) in [5.41, 5.74) is 10.2. The summed E-state index contributed by atoms with van der Waals surface area (Å²) in [5.74, 6) is 2.40. The molecule has 0 aliphatic heterocycles. The van der Waals surface area contributed by atoms with Crippen LogP contribution in [0.2, 0.25) is 0 Å². The van der Waals surface area contributed by atoms with Crippen LogP contribution in [-0.4, -0.2) is 14.1 Å². The Bertz CT molecular complexity index is 2700. The van der Waals surface area contributed by atoms with E-state index in [1.54, 1.807) is 0 Å². The molecular weight excluding hydrogens is 661 g/mol. The Morgan fingerprint density at radius 2 is 1.30 bits per heavy atom. The lowest BCUT2D eigenvalue weighted by atomic mass is 9.88. The number of benzene rings is 6. The molecule has 0 saturated heterocycles. The fourth-order valence-corrected chi connectivity index (χ4v) is 7.49. The summed E-state index contributed by atoms with van der Waals surface area (Å²) in [7, 11) is 0. The van der Waals surface area contributed by atoms with Crippen LogP contribution in [0.1, 0.15) is 26.3 Å². The van der Waals surface area contributed by atoms with E-state index in [1.807, 2.05) is 29.1 Å². The molecule has 5 heteroatoms. The van der Waals surface area contributed by atoms with Crippen LogP contribution in [0.15, 0.2) is 176 Å². The zero-order valence-corrected chi connectivity index (χ0v) is 30.6. The molecule has 9 rings (SSSR count). The highest BCUT2D eigenvalue weighted by Gasteiger charge is 2.18. The molecule has 0 bridgehead atoms. The lowest BCUT2D eigenvalue weighted by Crippen LogP contribution is -2.30. The molecule has 0 unspecified atom stereocenters. The molecule has 0 saturated carbocycles. The summed E-state index contributed by atoms with van der Waals surface area (Å²) >= 11 is 0. The van der Waals surface area contributed by atoms with Crippen molar-refractivity contribution in [2.45, 2.75) is 27.2 Å². The molecule has 54 heavy (non-hydrogen) atoms. The quantitative estimate of drug-likeness (QED) is 0.117. The number of hydrogen-bond donors (Lipinski definition) is 0. The molecule has 0 amide bonds. The van der Waals surface area contributed by atoms with Crippen molar-refractivity contribution >= 4 is 21.8 Å². The Balaban J connectivity index is 1.07. The fourth-order valence-electron chi connectivity index (χ4n) is 7.49. The van der Waals surface area contributed by atoms with Crippen molar-refractivity contribution in [2.24, 2.45) is 5.41 Å². The molecule has 262 valence electrons. The first-order valence-electron chi connectivity index (χ1n) is 18.4. The summed E-state index contributed by atoms with van der Waals surface area (Å²) < 4.78 is 13.0. The number of para-hydroxylation sites is 2. The number of rotatable bonds is 8. The van der Waals surface area contributed by atoms with Crippen molar-refractivity contribution in [1.82, 2.24) is 14.1 Å². The normalized spacial score (nSPS) is 11.7. The van der Waals surface area contributed by atoms with Gasteiger partial charge in [0.2, 0.25) is 0 Å². The van der Waals surface area contributed by atoms with Gasteiger partial charge in [-0.3, -0.25) is 13.7 Å². The SMILES string of the molecule is CC(C)(C)Cc1ccnc(-n2c3ccccc3c3ccc(Oc4cccc(-n5[c-][n+](-c6c(-c7ccccc7)cccc6-c6ccccc6)cc5)c4)cc32)c1. The van der Waals surface area contributed by atoms with E-state index in [2.05, 4.69) is 188 Å². The topological polar surface area (TPSA) is 35.9 Å². The summed E-state index contributed by atoms with van der Waals surface area (Å²) in [4.78, 5) is 4.85. The highest BCUT2D eigenvalue weighted by atomic mass is 16.5. The predicted molar refractivity (Wildman–Crippen MR) is 219 cm³/mol. The van der Waals surface area contributed by atoms with Gasteiger partial charge in [0.25, 0.3) is 6.33 Å². The number of nitrogens with zero attached hydrogens (tertiary/aromatic N) is 4. The maximum atomic E-state index is 6.60. The van der Waals surface area contributed by atoms with Gasteiger partial charge < -0.3 is 4.74 Å². The van der Waals surface area contributed by atoms with Crippen LogP contribution in [0.5, 0.6) is 11.5 Å². The third-order valence-corrected chi connectivity index (χ3v) is 9.78. The van der Waals surface area contributed by atoms with Crippen LogP contribution in [0.25, 0.3) is 61.3 Å². The highest BCUT2D eigenvalue weighted by molar-refractivity contribution is 6.09. The number of ether oxygens (including phenoxy) is 1. The van der Waals surface area contributed by atoms with E-state index in [4.69, 9.17) is 9.72 Å². The van der Waals surface area contributed by atoms with Gasteiger partial charge in [-0.1, -0.05) is 124 Å². The summed E-state index contributed by atoms with van der Waals surface area (Å²) in [6, 6.07) is 54.9. The molecule has 0 spiro atoms. The summed E-state index contributed by atoms with van der Waals surface area (Å²) in [6.07, 6.45) is 10.6. The Labute approximate surface area is 316 Å². The molecule has 0 fully saturated rings. The fraction of sp³-hybridized carbons (Fsp3) is 0.102. The highest BCUT2D eigenvalue weighted by Crippen LogP contribution is 2.36. The van der Waals surface area contributed by atoms with Gasteiger partial charge in [-0.25, -0.2) is 4.98 Å². The molecule has 0 radical (unpaired) electrons. The predicted octanol–water partition coefficient (Wildman–Crippen LogP) is 11.8. The molecule has 6 aromatic carbocycles. The summed E-state index contributed by atoms with van der Waals surface area (Å²) in [6.45, 7) is 6.81. The van der Waals surface area contributed by atoms with E-state index < -0.39 is 0 Å². The van der Waals surface area contributed by atoms with Gasteiger partial charge in [0.1, 0.15) is 17.3 Å². The van der Waals surface area contributed by atoms with Gasteiger partial charge in [-0.2, -0.15) is 0 Å². The minimum Gasteiger partial charge on any atom is -0.458 e. The summed E-state index contributed by atoms with van der Waals surface area (Å²) in [5, 5.41) is 2.34. The Kier molecular flexibility index (Phi) is 8.40. The Morgan fingerprint density at radius 3 is 2.04 bits per heavy atom. The van der Waals surface area contributed by atoms with Crippen molar-refractivity contribution < 1.29 is 9.30 Å². The van der Waals surface area contributed by atoms with Crippen molar-refractivity contribution in [3.05, 3.63) is 188 Å². The first-order chi connectivity index (χ1) is 26.4.